The van der Waals surface area contributed by atoms with E-state index < -0.39 is 9.75 Å². The van der Waals surface area contributed by atoms with Crippen molar-refractivity contribution < 1.29 is 4.79 Å². The van der Waals surface area contributed by atoms with Crippen LogP contribution in [0.4, 0.5) is 0 Å². The number of carbonyl (C=O) groups excluding carboxylic acids is 1. The van der Waals surface area contributed by atoms with Gasteiger partial charge in [0.1, 0.15) is 9.75 Å². The lowest BCUT2D eigenvalue weighted by Crippen LogP contribution is -2.33. The van der Waals surface area contributed by atoms with Crippen LogP contribution in [0, 0.1) is 11.8 Å². The van der Waals surface area contributed by atoms with E-state index in [1.165, 1.54) is 0 Å². The molecule has 0 N–H and O–H groups in total. The van der Waals surface area contributed by atoms with Crippen molar-refractivity contribution >= 4 is 52.2 Å². The Hall–Kier alpha value is 0.310. The molecule has 5 heteroatoms. The molecule has 3 aliphatic carbocycles. The van der Waals surface area contributed by atoms with Gasteiger partial charge in [-0.3, -0.25) is 4.79 Å². The highest BCUT2D eigenvalue weighted by atomic mass is 35.5. The van der Waals surface area contributed by atoms with Crippen LogP contribution in [0.5, 0.6) is 0 Å². The van der Waals surface area contributed by atoms with Crippen molar-refractivity contribution in [2.75, 3.05) is 0 Å². The summed E-state index contributed by atoms with van der Waals surface area (Å²) in [5.41, 5.74) is 0. The van der Waals surface area contributed by atoms with Crippen molar-refractivity contribution in [1.29, 1.82) is 0 Å². The van der Waals surface area contributed by atoms with Gasteiger partial charge in [0.05, 0.1) is 10.1 Å². The molecule has 3 rings (SSSR count). The predicted octanol–water partition coefficient (Wildman–Crippen LogP) is 3.42. The first-order chi connectivity index (χ1) is 6.95. The molecule has 0 heterocycles. The van der Waals surface area contributed by atoms with Gasteiger partial charge in [0.25, 0.3) is 0 Å². The molecule has 0 saturated heterocycles. The van der Waals surface area contributed by atoms with E-state index in [0.717, 1.165) is 6.42 Å². The average Bonchev–Trinajstić information content (AvgIpc) is 2.79. The third-order valence-corrected chi connectivity index (χ3v) is 6.15. The second-order valence-corrected chi connectivity index (χ2v) is 6.13. The van der Waals surface area contributed by atoms with Crippen LogP contribution in [0.1, 0.15) is 6.42 Å². The SMILES string of the molecule is O=C1[C@@]2(Cl)C(Cl)=C(Cl)[C@@]1(Cl)[C@H]1CC=C[C@H]12. The summed E-state index contributed by atoms with van der Waals surface area (Å²) in [6.07, 6.45) is 4.63. The zero-order chi connectivity index (χ0) is 11.0. The van der Waals surface area contributed by atoms with Crippen LogP contribution >= 0.6 is 46.4 Å². The van der Waals surface area contributed by atoms with Crippen molar-refractivity contribution in [3.63, 3.8) is 0 Å². The number of carbonyl (C=O) groups is 1. The molecule has 4 atom stereocenters. The summed E-state index contributed by atoms with van der Waals surface area (Å²) in [5.74, 6) is -0.411. The summed E-state index contributed by atoms with van der Waals surface area (Å²) >= 11 is 24.7. The Kier molecular flexibility index (Phi) is 1.92. The van der Waals surface area contributed by atoms with Crippen molar-refractivity contribution in [3.8, 4) is 0 Å². The molecule has 0 aromatic rings. The second kappa shape index (κ2) is 2.76. The van der Waals surface area contributed by atoms with Gasteiger partial charge in [-0.2, -0.15) is 0 Å². The third kappa shape index (κ3) is 0.857. The molecule has 1 nitrogen and oxygen atoms in total. The number of allylic oxidation sites excluding steroid dienone is 4. The van der Waals surface area contributed by atoms with E-state index in [4.69, 9.17) is 46.4 Å². The minimum Gasteiger partial charge on any atom is -0.295 e. The van der Waals surface area contributed by atoms with E-state index in [9.17, 15) is 4.79 Å². The molecule has 0 aliphatic heterocycles. The van der Waals surface area contributed by atoms with Gasteiger partial charge in [0.15, 0.2) is 5.78 Å². The monoisotopic (exact) mass is 282 g/mol. The molecule has 0 amide bonds. The van der Waals surface area contributed by atoms with Crippen LogP contribution in [-0.2, 0) is 4.79 Å². The molecule has 0 unspecified atom stereocenters. The highest BCUT2D eigenvalue weighted by Gasteiger charge is 2.74. The van der Waals surface area contributed by atoms with Crippen molar-refractivity contribution in [2.45, 2.75) is 16.2 Å². The maximum atomic E-state index is 12.1. The maximum absolute atomic E-state index is 12.1. The number of fused-ring (bicyclic) bond motifs is 5. The maximum Gasteiger partial charge on any atom is 0.186 e. The minimum atomic E-state index is -1.21. The molecule has 0 aromatic carbocycles. The molecular weight excluding hydrogens is 278 g/mol. The molecule has 1 saturated carbocycles. The zero-order valence-electron chi connectivity index (χ0n) is 7.44. The van der Waals surface area contributed by atoms with Gasteiger partial charge in [0, 0.05) is 11.8 Å². The minimum absolute atomic E-state index is 0.0424. The van der Waals surface area contributed by atoms with E-state index in [1.54, 1.807) is 0 Å². The van der Waals surface area contributed by atoms with Gasteiger partial charge >= 0.3 is 0 Å². The second-order valence-electron chi connectivity index (χ2n) is 4.18. The fourth-order valence-electron chi connectivity index (χ4n) is 2.88. The summed E-state index contributed by atoms with van der Waals surface area (Å²) in [6, 6.07) is 0. The Bertz CT molecular complexity index is 441. The van der Waals surface area contributed by atoms with Gasteiger partial charge in [-0.25, -0.2) is 0 Å². The van der Waals surface area contributed by atoms with E-state index in [2.05, 4.69) is 0 Å². The molecule has 1 fully saturated rings. The summed E-state index contributed by atoms with van der Waals surface area (Å²) in [4.78, 5) is 9.74. The normalized spacial score (nSPS) is 51.9. The van der Waals surface area contributed by atoms with Gasteiger partial charge in [0.2, 0.25) is 0 Å². The van der Waals surface area contributed by atoms with Crippen LogP contribution in [0.15, 0.2) is 22.2 Å². The van der Waals surface area contributed by atoms with Crippen LogP contribution in [0.3, 0.4) is 0 Å². The molecular formula is C10H6Cl4O. The highest BCUT2D eigenvalue weighted by Crippen LogP contribution is 2.67. The fourth-order valence-corrected chi connectivity index (χ4v) is 4.70. The average molecular weight is 284 g/mol. The number of hydrogen-bond donors (Lipinski definition) is 0. The Labute approximate surface area is 107 Å². The van der Waals surface area contributed by atoms with Crippen molar-refractivity contribution in [2.24, 2.45) is 11.8 Å². The Balaban J connectivity index is 2.30. The largest absolute Gasteiger partial charge is 0.295 e. The molecule has 0 radical (unpaired) electrons. The lowest BCUT2D eigenvalue weighted by Gasteiger charge is -2.30. The molecule has 15 heavy (non-hydrogen) atoms. The van der Waals surface area contributed by atoms with E-state index in [1.807, 2.05) is 12.2 Å². The first-order valence-electron chi connectivity index (χ1n) is 4.60. The molecule has 0 aromatic heterocycles. The lowest BCUT2D eigenvalue weighted by molar-refractivity contribution is -0.119. The van der Waals surface area contributed by atoms with E-state index >= 15 is 0 Å². The molecule has 0 spiro atoms. The van der Waals surface area contributed by atoms with Crippen LogP contribution in [0.2, 0.25) is 0 Å². The Morgan fingerprint density at radius 2 is 1.80 bits per heavy atom. The summed E-state index contributed by atoms with van der Waals surface area (Å²) in [6.45, 7) is 0. The number of ketones is 1. The van der Waals surface area contributed by atoms with Crippen LogP contribution in [-0.4, -0.2) is 15.5 Å². The topological polar surface area (TPSA) is 17.1 Å². The van der Waals surface area contributed by atoms with Crippen molar-refractivity contribution in [1.82, 2.24) is 0 Å². The Morgan fingerprint density at radius 1 is 1.20 bits per heavy atom. The van der Waals surface area contributed by atoms with Crippen LogP contribution < -0.4 is 0 Å². The van der Waals surface area contributed by atoms with E-state index in [0.29, 0.717) is 0 Å². The van der Waals surface area contributed by atoms with Gasteiger partial charge in [-0.05, 0) is 6.42 Å². The summed E-state index contributed by atoms with van der Waals surface area (Å²) in [5, 5.41) is 0.425. The first-order valence-corrected chi connectivity index (χ1v) is 6.12. The summed E-state index contributed by atoms with van der Waals surface area (Å²) in [7, 11) is 0. The van der Waals surface area contributed by atoms with Gasteiger partial charge in [-0.1, -0.05) is 35.4 Å². The third-order valence-electron chi connectivity index (χ3n) is 3.63. The van der Waals surface area contributed by atoms with E-state index in [-0.39, 0.29) is 27.7 Å². The zero-order valence-corrected chi connectivity index (χ0v) is 10.5. The standard InChI is InChI=1S/C10H6Cl4O/c11-6-7(12)10(14)5-3-1-2-4(5)9(6,13)8(10)15/h1-2,4-5H,3H2/t4-,5+,9+,10+/m1/s1. The number of alkyl halides is 2. The number of Topliss-reactive ketones (excluding diaryl/α,β-unsaturated/α-hetero) is 1. The van der Waals surface area contributed by atoms with Crippen LogP contribution in [0.25, 0.3) is 0 Å². The highest BCUT2D eigenvalue weighted by molar-refractivity contribution is 6.62. The summed E-state index contributed by atoms with van der Waals surface area (Å²) < 4.78 is 0. The van der Waals surface area contributed by atoms with Gasteiger partial charge < -0.3 is 0 Å². The lowest BCUT2D eigenvalue weighted by atomic mass is 9.84. The fraction of sp³-hybridized carbons (Fsp3) is 0.500. The smallest absolute Gasteiger partial charge is 0.186 e. The Morgan fingerprint density at radius 3 is 2.47 bits per heavy atom. The number of rotatable bonds is 0. The predicted molar refractivity (Wildman–Crippen MR) is 61.6 cm³/mol. The number of halogens is 4. The quantitative estimate of drug-likeness (QED) is 0.492. The van der Waals surface area contributed by atoms with Crippen molar-refractivity contribution in [3.05, 3.63) is 22.2 Å². The molecule has 80 valence electrons. The first kappa shape index (κ1) is 10.5. The molecule has 2 bridgehead atoms. The number of hydrogen-bond acceptors (Lipinski definition) is 1. The molecule has 3 aliphatic rings. The van der Waals surface area contributed by atoms with Gasteiger partial charge in [-0.15, -0.1) is 23.2 Å².